The number of carbonyl (C=O) groups is 1. The van der Waals surface area contributed by atoms with Crippen molar-refractivity contribution >= 4 is 6.03 Å². The van der Waals surface area contributed by atoms with E-state index in [2.05, 4.69) is 16.0 Å². The van der Waals surface area contributed by atoms with Gasteiger partial charge in [-0.2, -0.15) is 0 Å². The Morgan fingerprint density at radius 3 is 2.00 bits per heavy atom. The van der Waals surface area contributed by atoms with Gasteiger partial charge in [0.1, 0.15) is 0 Å². The molecule has 0 aromatic rings. The number of carbonyl (C=O) groups excluding carboxylic acids is 1. The largest absolute Gasteiger partial charge is 0.333 e. The van der Waals surface area contributed by atoms with Gasteiger partial charge in [0.15, 0.2) is 0 Å². The number of hydrogen-bond donors (Lipinski definition) is 3. The lowest BCUT2D eigenvalue weighted by molar-refractivity contribution is -0.0137. The van der Waals surface area contributed by atoms with Gasteiger partial charge in [0.25, 0.3) is 0 Å². The van der Waals surface area contributed by atoms with Crippen LogP contribution in [0.5, 0.6) is 0 Å². The molecule has 5 aliphatic rings. The minimum atomic E-state index is 0.0726. The molecule has 0 spiro atoms. The highest BCUT2D eigenvalue weighted by Crippen LogP contribution is 2.55. The first-order valence-corrected chi connectivity index (χ1v) is 7.50. The fourth-order valence-corrected chi connectivity index (χ4v) is 5.12. The lowest BCUT2D eigenvalue weighted by Gasteiger charge is -2.56. The maximum Gasteiger partial charge on any atom is 0.315 e. The molecule has 5 rings (SSSR count). The first kappa shape index (κ1) is 11.1. The zero-order valence-electron chi connectivity index (χ0n) is 10.9. The van der Waals surface area contributed by atoms with E-state index < -0.39 is 0 Å². The third-order valence-electron chi connectivity index (χ3n) is 5.53. The fraction of sp³-hybridized carbons (Fsp3) is 0.929. The Morgan fingerprint density at radius 2 is 1.56 bits per heavy atom. The normalized spacial score (nSPS) is 45.7. The highest BCUT2D eigenvalue weighted by Gasteiger charge is 2.51. The summed E-state index contributed by atoms with van der Waals surface area (Å²) in [6.07, 6.45) is 7.97. The van der Waals surface area contributed by atoms with E-state index in [1.165, 1.54) is 38.5 Å². The van der Waals surface area contributed by atoms with Crippen LogP contribution in [0.15, 0.2) is 0 Å². The van der Waals surface area contributed by atoms with Crippen LogP contribution in [0.2, 0.25) is 0 Å². The quantitative estimate of drug-likeness (QED) is 0.689. The van der Waals surface area contributed by atoms with Crippen molar-refractivity contribution in [3.05, 3.63) is 0 Å². The van der Waals surface area contributed by atoms with Crippen LogP contribution in [-0.4, -0.2) is 30.7 Å². The summed E-state index contributed by atoms with van der Waals surface area (Å²) < 4.78 is 0. The maximum atomic E-state index is 12.1. The Morgan fingerprint density at radius 1 is 1.00 bits per heavy atom. The molecule has 0 aromatic heterocycles. The van der Waals surface area contributed by atoms with Gasteiger partial charge in [-0.25, -0.2) is 4.79 Å². The van der Waals surface area contributed by atoms with Gasteiger partial charge in [0.05, 0.1) is 6.04 Å². The Labute approximate surface area is 108 Å². The molecule has 2 amide bonds. The summed E-state index contributed by atoms with van der Waals surface area (Å²) in [7, 11) is 0. The Hall–Kier alpha value is -0.770. The van der Waals surface area contributed by atoms with E-state index in [0.717, 1.165) is 30.8 Å². The molecule has 1 saturated heterocycles. The highest BCUT2D eigenvalue weighted by atomic mass is 16.2. The third kappa shape index (κ3) is 1.81. The zero-order valence-corrected chi connectivity index (χ0v) is 10.9. The van der Waals surface area contributed by atoms with Gasteiger partial charge < -0.3 is 16.0 Å². The molecular formula is C14H23N3O. The van der Waals surface area contributed by atoms with Crippen molar-refractivity contribution < 1.29 is 4.79 Å². The highest BCUT2D eigenvalue weighted by molar-refractivity contribution is 5.75. The van der Waals surface area contributed by atoms with Gasteiger partial charge >= 0.3 is 6.03 Å². The van der Waals surface area contributed by atoms with Crippen molar-refractivity contribution in [2.45, 2.75) is 50.1 Å². The molecule has 4 nitrogen and oxygen atoms in total. The standard InChI is InChI=1S/C14H23N3O/c18-13(16-12-7-15-8-12)17-14-4-9-1-10(5-14)3-11(2-9)6-14/h9-12,15H,1-8H2,(H2,16,17,18). The smallest absolute Gasteiger partial charge is 0.315 e. The predicted molar refractivity (Wildman–Crippen MR) is 69.2 cm³/mol. The Kier molecular flexibility index (Phi) is 2.38. The van der Waals surface area contributed by atoms with E-state index in [-0.39, 0.29) is 11.6 Å². The lowest BCUT2D eigenvalue weighted by atomic mass is 9.53. The van der Waals surface area contributed by atoms with Crippen LogP contribution in [0.4, 0.5) is 4.79 Å². The minimum absolute atomic E-state index is 0.0726. The van der Waals surface area contributed by atoms with E-state index in [1.54, 1.807) is 0 Å². The zero-order chi connectivity index (χ0) is 12.2. The Balaban J connectivity index is 1.42. The van der Waals surface area contributed by atoms with E-state index >= 15 is 0 Å². The summed E-state index contributed by atoms with van der Waals surface area (Å²) in [5, 5.41) is 9.61. The second-order valence-electron chi connectivity index (χ2n) is 7.15. The van der Waals surface area contributed by atoms with Gasteiger partial charge in [0.2, 0.25) is 0 Å². The number of nitrogens with one attached hydrogen (secondary N) is 3. The van der Waals surface area contributed by atoms with Gasteiger partial charge in [-0.3, -0.25) is 0 Å². The van der Waals surface area contributed by atoms with Crippen molar-refractivity contribution in [2.24, 2.45) is 17.8 Å². The summed E-state index contributed by atoms with van der Waals surface area (Å²) in [5.41, 5.74) is 0.149. The average Bonchev–Trinajstić information content (AvgIpc) is 2.20. The van der Waals surface area contributed by atoms with Gasteiger partial charge in [-0.05, 0) is 56.3 Å². The second-order valence-corrected chi connectivity index (χ2v) is 7.15. The SMILES string of the molecule is O=C(NC1CNC1)NC12CC3CC(CC(C3)C1)C2. The monoisotopic (exact) mass is 249 g/mol. The van der Waals surface area contributed by atoms with Gasteiger partial charge in [-0.1, -0.05) is 0 Å². The first-order chi connectivity index (χ1) is 8.71. The summed E-state index contributed by atoms with van der Waals surface area (Å²) in [4.78, 5) is 12.1. The molecule has 100 valence electrons. The third-order valence-corrected chi connectivity index (χ3v) is 5.53. The topological polar surface area (TPSA) is 53.2 Å². The second kappa shape index (κ2) is 3.86. The summed E-state index contributed by atoms with van der Waals surface area (Å²) >= 11 is 0. The van der Waals surface area contributed by atoms with Crippen LogP contribution < -0.4 is 16.0 Å². The molecule has 0 aromatic carbocycles. The number of urea groups is 1. The van der Waals surface area contributed by atoms with Crippen LogP contribution in [-0.2, 0) is 0 Å². The van der Waals surface area contributed by atoms with Crippen LogP contribution >= 0.6 is 0 Å². The molecule has 5 fully saturated rings. The molecule has 1 aliphatic heterocycles. The van der Waals surface area contributed by atoms with Crippen LogP contribution in [0, 0.1) is 17.8 Å². The van der Waals surface area contributed by atoms with E-state index in [4.69, 9.17) is 0 Å². The van der Waals surface area contributed by atoms with Crippen molar-refractivity contribution in [3.63, 3.8) is 0 Å². The molecule has 0 unspecified atom stereocenters. The van der Waals surface area contributed by atoms with Crippen molar-refractivity contribution in [2.75, 3.05) is 13.1 Å². The molecule has 4 bridgehead atoms. The van der Waals surface area contributed by atoms with Crippen LogP contribution in [0.1, 0.15) is 38.5 Å². The summed E-state index contributed by atoms with van der Waals surface area (Å²) in [6, 6.07) is 0.419. The number of hydrogen-bond acceptors (Lipinski definition) is 2. The van der Waals surface area contributed by atoms with E-state index in [1.807, 2.05) is 0 Å². The Bertz CT molecular complexity index is 329. The number of rotatable bonds is 2. The van der Waals surface area contributed by atoms with Crippen molar-refractivity contribution in [3.8, 4) is 0 Å². The van der Waals surface area contributed by atoms with E-state index in [9.17, 15) is 4.79 Å². The predicted octanol–water partition coefficient (Wildman–Crippen LogP) is 1.23. The lowest BCUT2D eigenvalue weighted by Crippen LogP contribution is -2.65. The van der Waals surface area contributed by atoms with Crippen LogP contribution in [0.3, 0.4) is 0 Å². The molecule has 4 aliphatic carbocycles. The minimum Gasteiger partial charge on any atom is -0.333 e. The van der Waals surface area contributed by atoms with Crippen LogP contribution in [0.25, 0.3) is 0 Å². The molecule has 4 heteroatoms. The molecule has 4 saturated carbocycles. The molecule has 0 atom stereocenters. The van der Waals surface area contributed by atoms with Crippen molar-refractivity contribution in [1.82, 2.24) is 16.0 Å². The summed E-state index contributed by atoms with van der Waals surface area (Å²) in [5.74, 6) is 2.67. The average molecular weight is 249 g/mol. The maximum absolute atomic E-state index is 12.1. The van der Waals surface area contributed by atoms with Gasteiger partial charge in [-0.15, -0.1) is 0 Å². The van der Waals surface area contributed by atoms with Crippen molar-refractivity contribution in [1.29, 1.82) is 0 Å². The molecule has 3 N–H and O–H groups in total. The summed E-state index contributed by atoms with van der Waals surface area (Å²) in [6.45, 7) is 1.85. The number of amides is 2. The van der Waals surface area contributed by atoms with E-state index in [0.29, 0.717) is 6.04 Å². The first-order valence-electron chi connectivity index (χ1n) is 7.50. The van der Waals surface area contributed by atoms with Gasteiger partial charge in [0, 0.05) is 18.6 Å². The molecule has 0 radical (unpaired) electrons. The fourth-order valence-electron chi connectivity index (χ4n) is 5.12. The molecule has 18 heavy (non-hydrogen) atoms. The molecular weight excluding hydrogens is 226 g/mol. The molecule has 1 heterocycles.